The molecule has 4 nitrogen and oxygen atoms in total. The van der Waals surface area contributed by atoms with Gasteiger partial charge in [0.25, 0.3) is 5.91 Å². The second-order valence-electron chi connectivity index (χ2n) is 5.82. The quantitative estimate of drug-likeness (QED) is 0.317. The van der Waals surface area contributed by atoms with Crippen LogP contribution in [-0.4, -0.2) is 16.7 Å². The number of nitrogens with one attached hydrogen (secondary N) is 1. The molecule has 0 radical (unpaired) electrons. The molecule has 1 N–H and O–H groups in total. The van der Waals surface area contributed by atoms with Gasteiger partial charge in [-0.15, -0.1) is 0 Å². The normalized spacial score (nSPS) is 11.1. The first-order valence-corrected chi connectivity index (χ1v) is 9.46. The van der Waals surface area contributed by atoms with Crippen LogP contribution in [0.5, 0.6) is 0 Å². The van der Waals surface area contributed by atoms with Crippen LogP contribution in [0, 0.1) is 17.4 Å². The molecule has 0 fully saturated rings. The highest BCUT2D eigenvalue weighted by atomic mass is 127. The van der Waals surface area contributed by atoms with E-state index >= 15 is 0 Å². The van der Waals surface area contributed by atoms with Crippen molar-refractivity contribution in [3.63, 3.8) is 0 Å². The minimum Gasteiger partial charge on any atom is -0.316 e. The van der Waals surface area contributed by atoms with Gasteiger partial charge >= 0.3 is 0 Å². The van der Waals surface area contributed by atoms with Gasteiger partial charge in [-0.05, 0) is 78.9 Å². The van der Waals surface area contributed by atoms with Gasteiger partial charge in [0.15, 0.2) is 0 Å². The molecule has 6 heteroatoms. The predicted molar refractivity (Wildman–Crippen MR) is 114 cm³/mol. The Morgan fingerprint density at radius 2 is 1.85 bits per heavy atom. The van der Waals surface area contributed by atoms with Crippen LogP contribution in [0.15, 0.2) is 59.7 Å². The Labute approximate surface area is 171 Å². The fourth-order valence-corrected chi connectivity index (χ4v) is 3.33. The Hall–Kier alpha value is -2.12. The summed E-state index contributed by atoms with van der Waals surface area (Å²) in [5.41, 5.74) is 7.03. The molecule has 1 aromatic heterocycles. The first-order chi connectivity index (χ1) is 12.5. The zero-order valence-electron chi connectivity index (χ0n) is 14.3. The fourth-order valence-electron chi connectivity index (χ4n) is 2.75. The third-order valence-electron chi connectivity index (χ3n) is 4.04. The molecule has 0 atom stereocenters. The number of hydrogen-bond acceptors (Lipinski definition) is 2. The van der Waals surface area contributed by atoms with Gasteiger partial charge in [0, 0.05) is 26.1 Å². The van der Waals surface area contributed by atoms with Crippen molar-refractivity contribution in [2.24, 2.45) is 5.10 Å². The number of aryl methyl sites for hydroxylation is 1. The van der Waals surface area contributed by atoms with Crippen LogP contribution < -0.4 is 5.43 Å². The van der Waals surface area contributed by atoms with E-state index in [1.807, 2.05) is 56.3 Å². The molecule has 1 amide bonds. The van der Waals surface area contributed by atoms with E-state index in [1.54, 1.807) is 18.3 Å². The predicted octanol–water partition coefficient (Wildman–Crippen LogP) is 5.12. The minimum absolute atomic E-state index is 0.238. The maximum atomic E-state index is 12.1. The molecule has 0 aliphatic heterocycles. The van der Waals surface area contributed by atoms with E-state index in [0.717, 1.165) is 26.2 Å². The lowest BCUT2D eigenvalue weighted by Crippen LogP contribution is -2.17. The number of benzene rings is 2. The van der Waals surface area contributed by atoms with Gasteiger partial charge in [0.2, 0.25) is 0 Å². The number of amides is 1. The summed E-state index contributed by atoms with van der Waals surface area (Å²) < 4.78 is 3.15. The van der Waals surface area contributed by atoms with E-state index in [4.69, 9.17) is 11.6 Å². The second kappa shape index (κ2) is 8.05. The van der Waals surface area contributed by atoms with Crippen molar-refractivity contribution in [1.29, 1.82) is 0 Å². The molecule has 0 aliphatic carbocycles. The molecular weight excluding hydrogens is 461 g/mol. The summed E-state index contributed by atoms with van der Waals surface area (Å²) in [4.78, 5) is 12.1. The maximum absolute atomic E-state index is 12.1. The first-order valence-electron chi connectivity index (χ1n) is 8.00. The zero-order chi connectivity index (χ0) is 18.7. The molecule has 0 spiro atoms. The summed E-state index contributed by atoms with van der Waals surface area (Å²) in [5, 5.41) is 4.78. The molecular formula is C20H17ClIN3O. The van der Waals surface area contributed by atoms with Gasteiger partial charge in [-0.3, -0.25) is 4.79 Å². The average Bonchev–Trinajstić information content (AvgIpc) is 2.90. The van der Waals surface area contributed by atoms with E-state index in [1.165, 1.54) is 0 Å². The highest BCUT2D eigenvalue weighted by Crippen LogP contribution is 2.25. The molecule has 0 unspecified atom stereocenters. The van der Waals surface area contributed by atoms with Crippen LogP contribution in [0.2, 0.25) is 5.02 Å². The average molecular weight is 478 g/mol. The van der Waals surface area contributed by atoms with Gasteiger partial charge < -0.3 is 4.57 Å². The van der Waals surface area contributed by atoms with Crippen LogP contribution in [-0.2, 0) is 0 Å². The van der Waals surface area contributed by atoms with Crippen LogP contribution in [0.4, 0.5) is 0 Å². The SMILES string of the molecule is Cc1cc(/C=N\NC(=O)c2ccc(I)cc2)c(C)n1-c1ccccc1Cl. The highest BCUT2D eigenvalue weighted by molar-refractivity contribution is 14.1. The number of halogens is 2. The van der Waals surface area contributed by atoms with Gasteiger partial charge in [-0.1, -0.05) is 23.7 Å². The van der Waals surface area contributed by atoms with Crippen LogP contribution in [0.25, 0.3) is 5.69 Å². The standard InChI is InChI=1S/C20H17ClIN3O/c1-13-11-16(14(2)25(13)19-6-4-3-5-18(19)21)12-23-24-20(26)15-7-9-17(22)10-8-15/h3-12H,1-2H3,(H,24,26)/b23-12-. The van der Waals surface area contributed by atoms with Gasteiger partial charge in [0.1, 0.15) is 0 Å². The minimum atomic E-state index is -0.238. The Kier molecular flexibility index (Phi) is 5.78. The van der Waals surface area contributed by atoms with Crippen LogP contribution >= 0.6 is 34.2 Å². The molecule has 132 valence electrons. The lowest BCUT2D eigenvalue weighted by molar-refractivity contribution is 0.0955. The van der Waals surface area contributed by atoms with Crippen molar-refractivity contribution in [1.82, 2.24) is 9.99 Å². The van der Waals surface area contributed by atoms with E-state index in [9.17, 15) is 4.79 Å². The summed E-state index contributed by atoms with van der Waals surface area (Å²) in [6, 6.07) is 17.0. The molecule has 26 heavy (non-hydrogen) atoms. The van der Waals surface area contributed by atoms with E-state index in [-0.39, 0.29) is 5.91 Å². The summed E-state index contributed by atoms with van der Waals surface area (Å²) in [7, 11) is 0. The zero-order valence-corrected chi connectivity index (χ0v) is 17.2. The Morgan fingerprint density at radius 1 is 1.15 bits per heavy atom. The van der Waals surface area contributed by atoms with Crippen LogP contribution in [0.3, 0.4) is 0 Å². The lowest BCUT2D eigenvalue weighted by atomic mass is 10.2. The highest BCUT2D eigenvalue weighted by Gasteiger charge is 2.11. The first kappa shape index (κ1) is 18.7. The number of carbonyl (C=O) groups is 1. The van der Waals surface area contributed by atoms with Crippen molar-refractivity contribution in [3.05, 3.63) is 85.7 Å². The summed E-state index contributed by atoms with van der Waals surface area (Å²) in [6.07, 6.45) is 1.65. The molecule has 3 aromatic rings. The van der Waals surface area contributed by atoms with E-state index in [2.05, 4.69) is 37.7 Å². The number of para-hydroxylation sites is 1. The number of hydrazone groups is 1. The smallest absolute Gasteiger partial charge is 0.271 e. The topological polar surface area (TPSA) is 46.4 Å². The van der Waals surface area contributed by atoms with E-state index < -0.39 is 0 Å². The van der Waals surface area contributed by atoms with Gasteiger partial charge in [-0.25, -0.2) is 5.43 Å². The number of aromatic nitrogens is 1. The largest absolute Gasteiger partial charge is 0.316 e. The van der Waals surface area contributed by atoms with Crippen molar-refractivity contribution >= 4 is 46.3 Å². The number of hydrogen-bond donors (Lipinski definition) is 1. The van der Waals surface area contributed by atoms with Gasteiger partial charge in [0.05, 0.1) is 16.9 Å². The van der Waals surface area contributed by atoms with E-state index in [0.29, 0.717) is 10.6 Å². The molecule has 1 heterocycles. The summed E-state index contributed by atoms with van der Waals surface area (Å²) in [6.45, 7) is 4.01. The van der Waals surface area contributed by atoms with Gasteiger partial charge in [-0.2, -0.15) is 5.10 Å². The summed E-state index contributed by atoms with van der Waals surface area (Å²) >= 11 is 8.52. The number of rotatable bonds is 4. The van der Waals surface area contributed by atoms with Crippen molar-refractivity contribution < 1.29 is 4.79 Å². The molecule has 0 saturated heterocycles. The Balaban J connectivity index is 1.80. The molecule has 0 aliphatic rings. The van der Waals surface area contributed by atoms with Crippen molar-refractivity contribution in [2.75, 3.05) is 0 Å². The molecule has 3 rings (SSSR count). The van der Waals surface area contributed by atoms with Crippen LogP contribution in [0.1, 0.15) is 27.3 Å². The fraction of sp³-hybridized carbons (Fsp3) is 0.100. The molecule has 2 aromatic carbocycles. The maximum Gasteiger partial charge on any atom is 0.271 e. The van der Waals surface area contributed by atoms with Crippen molar-refractivity contribution in [2.45, 2.75) is 13.8 Å². The number of nitrogens with zero attached hydrogens (tertiary/aromatic N) is 2. The number of carbonyl (C=O) groups excluding carboxylic acids is 1. The Bertz CT molecular complexity index is 977. The molecule has 0 bridgehead atoms. The third kappa shape index (κ3) is 3.99. The molecule has 0 saturated carbocycles. The monoisotopic (exact) mass is 477 g/mol. The third-order valence-corrected chi connectivity index (χ3v) is 5.08. The second-order valence-corrected chi connectivity index (χ2v) is 7.47. The lowest BCUT2D eigenvalue weighted by Gasteiger charge is -2.11. The summed E-state index contributed by atoms with van der Waals surface area (Å²) in [5.74, 6) is -0.238. The Morgan fingerprint density at radius 3 is 2.54 bits per heavy atom. The van der Waals surface area contributed by atoms with Crippen molar-refractivity contribution in [3.8, 4) is 5.69 Å².